The lowest BCUT2D eigenvalue weighted by atomic mass is 10.0. The third-order valence-electron chi connectivity index (χ3n) is 5.51. The van der Waals surface area contributed by atoms with Gasteiger partial charge in [-0.25, -0.2) is 0 Å². The predicted octanol–water partition coefficient (Wildman–Crippen LogP) is 5.26. The molecule has 0 aliphatic heterocycles. The quantitative estimate of drug-likeness (QED) is 0.257. The van der Waals surface area contributed by atoms with Crippen LogP contribution < -0.4 is 5.32 Å². The molecule has 0 saturated carbocycles. The second-order valence-electron chi connectivity index (χ2n) is 8.17. The van der Waals surface area contributed by atoms with Crippen LogP contribution in [0.4, 0.5) is 5.69 Å². The number of thioether (sulfide) groups is 1. The van der Waals surface area contributed by atoms with Crippen molar-refractivity contribution < 1.29 is 14.5 Å². The minimum Gasteiger partial charge on any atom is -0.355 e. The molecule has 0 bridgehead atoms. The van der Waals surface area contributed by atoms with Crippen molar-refractivity contribution in [1.29, 1.82) is 0 Å². The third kappa shape index (κ3) is 8.10. The van der Waals surface area contributed by atoms with Gasteiger partial charge in [-0.05, 0) is 35.7 Å². The number of nitro benzene ring substituents is 1. The maximum atomic E-state index is 13.5. The van der Waals surface area contributed by atoms with Gasteiger partial charge in [0.2, 0.25) is 11.8 Å². The van der Waals surface area contributed by atoms with E-state index in [0.29, 0.717) is 23.7 Å². The number of hydrogen-bond acceptors (Lipinski definition) is 5. The molecule has 0 fully saturated rings. The number of rotatable bonds is 12. The molecule has 1 atom stereocenters. The third-order valence-corrected chi connectivity index (χ3v) is 6.73. The SMILES string of the molecule is CCNC(=O)[C@H](Cc1ccccc1)N(Cc1cccc(Cl)c1)C(=O)CSCc1ccc([N+](=O)[O-])cc1. The molecule has 0 unspecified atom stereocenters. The highest BCUT2D eigenvalue weighted by Gasteiger charge is 2.30. The van der Waals surface area contributed by atoms with Crippen LogP contribution in [0.2, 0.25) is 5.02 Å². The molecule has 9 heteroatoms. The number of carbonyl (C=O) groups excluding carboxylic acids is 2. The van der Waals surface area contributed by atoms with Gasteiger partial charge in [0.25, 0.3) is 5.69 Å². The normalized spacial score (nSPS) is 11.5. The van der Waals surface area contributed by atoms with Crippen molar-refractivity contribution in [3.8, 4) is 0 Å². The Kier molecular flexibility index (Phi) is 10.3. The summed E-state index contributed by atoms with van der Waals surface area (Å²) < 4.78 is 0. The molecule has 0 heterocycles. The van der Waals surface area contributed by atoms with Crippen molar-refractivity contribution in [1.82, 2.24) is 10.2 Å². The maximum absolute atomic E-state index is 13.5. The van der Waals surface area contributed by atoms with E-state index >= 15 is 0 Å². The standard InChI is InChI=1S/C27H28ClN3O4S/c1-2-29-27(33)25(16-20-7-4-3-5-8-20)30(17-22-9-6-10-23(28)15-22)26(32)19-36-18-21-11-13-24(14-12-21)31(34)35/h3-15,25H,2,16-19H2,1H3,(H,29,33)/t25-/m0/s1. The highest BCUT2D eigenvalue weighted by molar-refractivity contribution is 7.99. The van der Waals surface area contributed by atoms with Gasteiger partial charge < -0.3 is 10.2 Å². The predicted molar refractivity (Wildman–Crippen MR) is 144 cm³/mol. The Hall–Kier alpha value is -3.36. The van der Waals surface area contributed by atoms with Crippen LogP contribution in [-0.2, 0) is 28.3 Å². The summed E-state index contributed by atoms with van der Waals surface area (Å²) in [5.74, 6) is 0.285. The minimum absolute atomic E-state index is 0.0261. The van der Waals surface area contributed by atoms with Gasteiger partial charge in [-0.3, -0.25) is 19.7 Å². The molecule has 0 aromatic heterocycles. The molecule has 2 amide bonds. The van der Waals surface area contributed by atoms with Crippen molar-refractivity contribution in [2.24, 2.45) is 0 Å². The van der Waals surface area contributed by atoms with Crippen LogP contribution >= 0.6 is 23.4 Å². The second-order valence-corrected chi connectivity index (χ2v) is 9.59. The maximum Gasteiger partial charge on any atom is 0.269 e. The van der Waals surface area contributed by atoms with E-state index in [-0.39, 0.29) is 29.8 Å². The van der Waals surface area contributed by atoms with E-state index in [0.717, 1.165) is 16.7 Å². The van der Waals surface area contributed by atoms with Crippen LogP contribution in [-0.4, -0.2) is 40.0 Å². The Morgan fingerprint density at radius 1 is 1.00 bits per heavy atom. The first-order valence-corrected chi connectivity index (χ1v) is 13.1. The second kappa shape index (κ2) is 13.7. The highest BCUT2D eigenvalue weighted by atomic mass is 35.5. The van der Waals surface area contributed by atoms with Crippen molar-refractivity contribution in [2.45, 2.75) is 31.7 Å². The smallest absolute Gasteiger partial charge is 0.269 e. The molecule has 0 aliphatic rings. The average Bonchev–Trinajstić information content (AvgIpc) is 2.87. The van der Waals surface area contributed by atoms with Crippen LogP contribution in [0, 0.1) is 10.1 Å². The van der Waals surface area contributed by atoms with Crippen molar-refractivity contribution >= 4 is 40.9 Å². The zero-order chi connectivity index (χ0) is 25.9. The van der Waals surface area contributed by atoms with Crippen LogP contribution in [0.1, 0.15) is 23.6 Å². The topological polar surface area (TPSA) is 92.6 Å². The van der Waals surface area contributed by atoms with E-state index in [1.165, 1.54) is 23.9 Å². The fourth-order valence-corrected chi connectivity index (χ4v) is 4.81. The van der Waals surface area contributed by atoms with Crippen molar-refractivity contribution in [3.05, 3.63) is 111 Å². The number of amides is 2. The molecule has 3 rings (SSSR count). The highest BCUT2D eigenvalue weighted by Crippen LogP contribution is 2.21. The zero-order valence-corrected chi connectivity index (χ0v) is 21.5. The Balaban J connectivity index is 1.79. The Morgan fingerprint density at radius 3 is 2.33 bits per heavy atom. The average molecular weight is 526 g/mol. The van der Waals surface area contributed by atoms with Gasteiger partial charge in [0, 0.05) is 42.4 Å². The van der Waals surface area contributed by atoms with Gasteiger partial charge in [0.1, 0.15) is 6.04 Å². The molecule has 36 heavy (non-hydrogen) atoms. The summed E-state index contributed by atoms with van der Waals surface area (Å²) in [4.78, 5) is 38.7. The summed E-state index contributed by atoms with van der Waals surface area (Å²) in [5, 5.41) is 14.3. The van der Waals surface area contributed by atoms with Gasteiger partial charge in [0.05, 0.1) is 10.7 Å². The number of likely N-dealkylation sites (N-methyl/N-ethyl adjacent to an activating group) is 1. The number of benzene rings is 3. The Labute approximate surface area is 220 Å². The molecule has 0 spiro atoms. The summed E-state index contributed by atoms with van der Waals surface area (Å²) >= 11 is 7.58. The summed E-state index contributed by atoms with van der Waals surface area (Å²) in [6, 6.07) is 22.5. The van der Waals surface area contributed by atoms with Gasteiger partial charge in [-0.2, -0.15) is 0 Å². The van der Waals surface area contributed by atoms with Crippen LogP contribution in [0.15, 0.2) is 78.9 Å². The van der Waals surface area contributed by atoms with Crippen molar-refractivity contribution in [2.75, 3.05) is 12.3 Å². The van der Waals surface area contributed by atoms with Crippen LogP contribution in [0.3, 0.4) is 0 Å². The summed E-state index contributed by atoms with van der Waals surface area (Å²) in [6.07, 6.45) is 0.381. The summed E-state index contributed by atoms with van der Waals surface area (Å²) in [7, 11) is 0. The molecule has 0 saturated heterocycles. The molecule has 3 aromatic carbocycles. The zero-order valence-electron chi connectivity index (χ0n) is 19.9. The lowest BCUT2D eigenvalue weighted by Gasteiger charge is -2.31. The molecule has 0 aliphatic carbocycles. The van der Waals surface area contributed by atoms with Gasteiger partial charge in [-0.15, -0.1) is 11.8 Å². The molecule has 188 valence electrons. The Morgan fingerprint density at radius 2 is 1.69 bits per heavy atom. The number of halogens is 1. The first-order chi connectivity index (χ1) is 17.4. The molecule has 3 aromatic rings. The number of non-ortho nitro benzene ring substituents is 1. The summed E-state index contributed by atoms with van der Waals surface area (Å²) in [5.41, 5.74) is 2.69. The Bertz CT molecular complexity index is 1180. The molecular formula is C27H28ClN3O4S. The fraction of sp³-hybridized carbons (Fsp3) is 0.259. The lowest BCUT2D eigenvalue weighted by Crippen LogP contribution is -2.51. The van der Waals surface area contributed by atoms with Crippen LogP contribution in [0.5, 0.6) is 0 Å². The van der Waals surface area contributed by atoms with E-state index < -0.39 is 11.0 Å². The fourth-order valence-electron chi connectivity index (χ4n) is 3.73. The number of nitro groups is 1. The van der Waals surface area contributed by atoms with Gasteiger partial charge >= 0.3 is 0 Å². The molecular weight excluding hydrogens is 498 g/mol. The minimum atomic E-state index is -0.696. The van der Waals surface area contributed by atoms with Gasteiger partial charge in [-0.1, -0.05) is 66.2 Å². The van der Waals surface area contributed by atoms with E-state index in [4.69, 9.17) is 11.6 Å². The van der Waals surface area contributed by atoms with Crippen LogP contribution in [0.25, 0.3) is 0 Å². The van der Waals surface area contributed by atoms with E-state index in [1.807, 2.05) is 49.4 Å². The first kappa shape index (κ1) is 27.2. The van der Waals surface area contributed by atoms with Crippen molar-refractivity contribution in [3.63, 3.8) is 0 Å². The van der Waals surface area contributed by atoms with Gasteiger partial charge in [0.15, 0.2) is 0 Å². The van der Waals surface area contributed by atoms with E-state index in [2.05, 4.69) is 5.32 Å². The lowest BCUT2D eigenvalue weighted by molar-refractivity contribution is -0.384. The first-order valence-electron chi connectivity index (χ1n) is 11.5. The number of nitrogens with zero attached hydrogens (tertiary/aromatic N) is 2. The molecule has 7 nitrogen and oxygen atoms in total. The molecule has 0 radical (unpaired) electrons. The monoisotopic (exact) mass is 525 g/mol. The number of carbonyl (C=O) groups is 2. The van der Waals surface area contributed by atoms with E-state index in [9.17, 15) is 19.7 Å². The number of nitrogens with one attached hydrogen (secondary N) is 1. The largest absolute Gasteiger partial charge is 0.355 e. The number of hydrogen-bond donors (Lipinski definition) is 1. The summed E-state index contributed by atoms with van der Waals surface area (Å²) in [6.45, 7) is 2.55. The van der Waals surface area contributed by atoms with E-state index in [1.54, 1.807) is 29.2 Å². The molecule has 1 N–H and O–H groups in total.